The molecule has 1 aliphatic heterocycles. The molecule has 1 saturated heterocycles. The highest BCUT2D eigenvalue weighted by molar-refractivity contribution is 7.14. The first-order valence-corrected chi connectivity index (χ1v) is 9.78. The molecule has 0 unspecified atom stereocenters. The number of aryl methyl sites for hydroxylation is 1. The summed E-state index contributed by atoms with van der Waals surface area (Å²) in [5.74, 6) is -0.119. The van der Waals surface area contributed by atoms with Crippen molar-refractivity contribution in [1.82, 2.24) is 24.8 Å². The molecule has 0 N–H and O–H groups in total. The van der Waals surface area contributed by atoms with E-state index in [2.05, 4.69) is 15.3 Å². The van der Waals surface area contributed by atoms with Gasteiger partial charge in [-0.25, -0.2) is 18.3 Å². The molecule has 5 rings (SSSR count). The summed E-state index contributed by atoms with van der Waals surface area (Å²) >= 11 is 1.48. The summed E-state index contributed by atoms with van der Waals surface area (Å²) in [5.41, 5.74) is 1.84. The van der Waals surface area contributed by atoms with Crippen LogP contribution in [0.1, 0.15) is 29.5 Å². The van der Waals surface area contributed by atoms with Crippen LogP contribution in [-0.4, -0.2) is 31.3 Å². The lowest BCUT2D eigenvalue weighted by molar-refractivity contribution is 0.560. The Labute approximate surface area is 163 Å². The quantitative estimate of drug-likeness (QED) is 0.518. The molecule has 9 heteroatoms. The maximum atomic E-state index is 14.4. The number of nitrogens with zero attached hydrogens (tertiary/aromatic N) is 6. The summed E-state index contributed by atoms with van der Waals surface area (Å²) in [5, 5.41) is 14.2. The largest absolute Gasteiger partial charge is 0.349 e. The third kappa shape index (κ3) is 2.82. The van der Waals surface area contributed by atoms with Crippen LogP contribution in [0.5, 0.6) is 0 Å². The Morgan fingerprint density at radius 2 is 2.07 bits per heavy atom. The summed E-state index contributed by atoms with van der Waals surface area (Å²) < 4.78 is 29.8. The number of halogens is 2. The molecule has 0 radical (unpaired) electrons. The Morgan fingerprint density at radius 1 is 1.18 bits per heavy atom. The van der Waals surface area contributed by atoms with Crippen molar-refractivity contribution < 1.29 is 8.78 Å². The Kier molecular flexibility index (Phi) is 4.04. The standard InChI is InChI=1S/C19H16F2N6S/c1-11-24-25-19(28-11)14-10-22-27-8-6-17(23-18(14)27)26-7-2-3-16(26)13-9-12(20)4-5-15(13)21/h4-6,8-10,16H,2-3,7H2,1H3/t16-/m1/s1. The fraction of sp³-hybridized carbons (Fsp3) is 0.263. The molecule has 0 spiro atoms. The molecule has 0 amide bonds. The minimum absolute atomic E-state index is 0.249. The van der Waals surface area contributed by atoms with E-state index in [1.807, 2.05) is 24.1 Å². The van der Waals surface area contributed by atoms with Gasteiger partial charge in [0.2, 0.25) is 0 Å². The van der Waals surface area contributed by atoms with Gasteiger partial charge in [-0.2, -0.15) is 5.10 Å². The van der Waals surface area contributed by atoms with E-state index >= 15 is 0 Å². The average Bonchev–Trinajstić information content (AvgIpc) is 3.42. The smallest absolute Gasteiger partial charge is 0.167 e. The number of hydrogen-bond acceptors (Lipinski definition) is 6. The number of hydrogen-bond donors (Lipinski definition) is 0. The van der Waals surface area contributed by atoms with Gasteiger partial charge in [-0.1, -0.05) is 11.3 Å². The molecule has 0 bridgehead atoms. The van der Waals surface area contributed by atoms with Crippen LogP contribution in [0.2, 0.25) is 0 Å². The molecule has 6 nitrogen and oxygen atoms in total. The van der Waals surface area contributed by atoms with E-state index in [0.717, 1.165) is 41.0 Å². The highest BCUT2D eigenvalue weighted by Crippen LogP contribution is 2.37. The molecular formula is C19H16F2N6S. The third-order valence-corrected chi connectivity index (χ3v) is 5.85. The van der Waals surface area contributed by atoms with Crippen molar-refractivity contribution in [2.75, 3.05) is 11.4 Å². The molecule has 0 saturated carbocycles. The van der Waals surface area contributed by atoms with Gasteiger partial charge >= 0.3 is 0 Å². The van der Waals surface area contributed by atoms with Crippen LogP contribution in [0.4, 0.5) is 14.6 Å². The summed E-state index contributed by atoms with van der Waals surface area (Å²) in [7, 11) is 0. The SMILES string of the molecule is Cc1nnc(-c2cnn3ccc(N4CCC[C@@H]4c4cc(F)ccc4F)nc23)s1. The number of anilines is 1. The van der Waals surface area contributed by atoms with Crippen LogP contribution in [0.15, 0.2) is 36.7 Å². The Hall–Kier alpha value is -2.94. The molecule has 1 atom stereocenters. The predicted molar refractivity (Wildman–Crippen MR) is 102 cm³/mol. The second kappa shape index (κ2) is 6.59. The van der Waals surface area contributed by atoms with E-state index in [1.165, 1.54) is 23.5 Å². The molecule has 142 valence electrons. The monoisotopic (exact) mass is 398 g/mol. The van der Waals surface area contributed by atoms with Gasteiger partial charge in [-0.3, -0.25) is 0 Å². The van der Waals surface area contributed by atoms with Gasteiger partial charge in [-0.05, 0) is 44.0 Å². The van der Waals surface area contributed by atoms with E-state index in [0.29, 0.717) is 17.0 Å². The van der Waals surface area contributed by atoms with Crippen LogP contribution in [0.25, 0.3) is 16.2 Å². The summed E-state index contributed by atoms with van der Waals surface area (Å²) in [6, 6.07) is 5.21. The van der Waals surface area contributed by atoms with Gasteiger partial charge in [0, 0.05) is 18.3 Å². The summed E-state index contributed by atoms with van der Waals surface area (Å²) in [6.45, 7) is 2.62. The fourth-order valence-electron chi connectivity index (χ4n) is 3.71. The van der Waals surface area contributed by atoms with E-state index < -0.39 is 11.6 Å². The van der Waals surface area contributed by atoms with Crippen molar-refractivity contribution in [2.24, 2.45) is 0 Å². The Balaban J connectivity index is 1.57. The third-order valence-electron chi connectivity index (χ3n) is 4.97. The summed E-state index contributed by atoms with van der Waals surface area (Å²) in [4.78, 5) is 6.81. The second-order valence-electron chi connectivity index (χ2n) is 6.76. The number of fused-ring (bicyclic) bond motifs is 1. The molecule has 1 fully saturated rings. The number of rotatable bonds is 3. The van der Waals surface area contributed by atoms with Crippen molar-refractivity contribution >= 4 is 22.8 Å². The van der Waals surface area contributed by atoms with Crippen molar-refractivity contribution in [1.29, 1.82) is 0 Å². The van der Waals surface area contributed by atoms with Gasteiger partial charge in [0.15, 0.2) is 10.7 Å². The van der Waals surface area contributed by atoms with Crippen LogP contribution >= 0.6 is 11.3 Å². The van der Waals surface area contributed by atoms with E-state index in [9.17, 15) is 8.78 Å². The molecule has 1 aromatic carbocycles. The molecule has 3 aromatic heterocycles. The van der Waals surface area contributed by atoms with Crippen molar-refractivity contribution in [3.05, 3.63) is 58.9 Å². The van der Waals surface area contributed by atoms with Gasteiger partial charge in [0.1, 0.15) is 22.5 Å². The van der Waals surface area contributed by atoms with Gasteiger partial charge < -0.3 is 4.90 Å². The molecule has 4 heterocycles. The molecule has 1 aliphatic rings. The lowest BCUT2D eigenvalue weighted by Gasteiger charge is -2.26. The molecule has 4 aromatic rings. The maximum Gasteiger partial charge on any atom is 0.167 e. The molecular weight excluding hydrogens is 382 g/mol. The minimum Gasteiger partial charge on any atom is -0.349 e. The zero-order valence-electron chi connectivity index (χ0n) is 15.0. The van der Waals surface area contributed by atoms with Gasteiger partial charge in [0.05, 0.1) is 17.8 Å². The lowest BCUT2D eigenvalue weighted by atomic mass is 10.0. The van der Waals surface area contributed by atoms with E-state index in [4.69, 9.17) is 4.98 Å². The highest BCUT2D eigenvalue weighted by Gasteiger charge is 2.30. The predicted octanol–water partition coefficient (Wildman–Crippen LogP) is 4.18. The van der Waals surface area contributed by atoms with E-state index in [1.54, 1.807) is 10.7 Å². The van der Waals surface area contributed by atoms with Crippen LogP contribution in [0.3, 0.4) is 0 Å². The van der Waals surface area contributed by atoms with Crippen LogP contribution < -0.4 is 4.90 Å². The number of benzene rings is 1. The first-order chi connectivity index (χ1) is 13.6. The first-order valence-electron chi connectivity index (χ1n) is 8.96. The van der Waals surface area contributed by atoms with Gasteiger partial charge in [0.25, 0.3) is 0 Å². The van der Waals surface area contributed by atoms with E-state index in [-0.39, 0.29) is 6.04 Å². The number of aromatic nitrogens is 5. The van der Waals surface area contributed by atoms with Crippen molar-refractivity contribution in [3.8, 4) is 10.6 Å². The second-order valence-corrected chi connectivity index (χ2v) is 7.94. The zero-order valence-corrected chi connectivity index (χ0v) is 15.8. The maximum absolute atomic E-state index is 14.4. The van der Waals surface area contributed by atoms with Crippen LogP contribution in [-0.2, 0) is 0 Å². The topological polar surface area (TPSA) is 59.2 Å². The van der Waals surface area contributed by atoms with Crippen LogP contribution in [0, 0.1) is 18.6 Å². The van der Waals surface area contributed by atoms with Crippen molar-refractivity contribution in [2.45, 2.75) is 25.8 Å². The molecule has 0 aliphatic carbocycles. The Bertz CT molecular complexity index is 1170. The first kappa shape index (κ1) is 17.2. The minimum atomic E-state index is -0.434. The normalized spacial score (nSPS) is 17.0. The zero-order chi connectivity index (χ0) is 19.3. The summed E-state index contributed by atoms with van der Waals surface area (Å²) in [6.07, 6.45) is 5.18. The molecule has 28 heavy (non-hydrogen) atoms. The highest BCUT2D eigenvalue weighted by atomic mass is 32.1. The lowest BCUT2D eigenvalue weighted by Crippen LogP contribution is -2.24. The fourth-order valence-corrected chi connectivity index (χ4v) is 4.41. The van der Waals surface area contributed by atoms with Crippen molar-refractivity contribution in [3.63, 3.8) is 0 Å². The van der Waals surface area contributed by atoms with Gasteiger partial charge in [-0.15, -0.1) is 10.2 Å². The average molecular weight is 398 g/mol. The Morgan fingerprint density at radius 3 is 2.89 bits per heavy atom.